The fourth-order valence-corrected chi connectivity index (χ4v) is 3.11. The molecule has 1 fully saturated rings. The van der Waals surface area contributed by atoms with E-state index in [0.29, 0.717) is 11.4 Å². The molecule has 1 aliphatic heterocycles. The van der Waals surface area contributed by atoms with Crippen molar-refractivity contribution in [2.45, 2.75) is 0 Å². The number of hydrogen-bond acceptors (Lipinski definition) is 5. The molecule has 0 radical (unpaired) electrons. The number of halogens is 1. The number of rotatable bonds is 4. The van der Waals surface area contributed by atoms with Gasteiger partial charge in [-0.05, 0) is 54.6 Å². The summed E-state index contributed by atoms with van der Waals surface area (Å²) in [5, 5.41) is 12.9. The van der Waals surface area contributed by atoms with Crippen LogP contribution in [0.5, 0.6) is 0 Å². The third-order valence-electron chi connectivity index (χ3n) is 4.60. The second-order valence-corrected chi connectivity index (χ2v) is 6.51. The molecule has 0 unspecified atom stereocenters. The Kier molecular flexibility index (Phi) is 4.88. The van der Waals surface area contributed by atoms with Gasteiger partial charge in [-0.3, -0.25) is 25.0 Å². The average molecular weight is 420 g/mol. The van der Waals surface area contributed by atoms with Crippen LogP contribution in [0.4, 0.5) is 20.6 Å². The Balaban J connectivity index is 1.71. The van der Waals surface area contributed by atoms with Gasteiger partial charge in [0.1, 0.15) is 11.4 Å². The van der Waals surface area contributed by atoms with Crippen LogP contribution in [-0.2, 0) is 9.59 Å². The Morgan fingerprint density at radius 2 is 1.58 bits per heavy atom. The zero-order valence-electron chi connectivity index (χ0n) is 15.7. The maximum Gasteiger partial charge on any atom is 0.335 e. The maximum atomic E-state index is 13.2. The van der Waals surface area contributed by atoms with Gasteiger partial charge in [-0.1, -0.05) is 0 Å². The van der Waals surface area contributed by atoms with Gasteiger partial charge in [-0.25, -0.2) is 14.1 Å². The van der Waals surface area contributed by atoms with Crippen molar-refractivity contribution in [3.05, 3.63) is 94.1 Å². The van der Waals surface area contributed by atoms with Gasteiger partial charge in [-0.15, -0.1) is 0 Å². The van der Waals surface area contributed by atoms with E-state index in [1.165, 1.54) is 42.5 Å². The van der Waals surface area contributed by atoms with Crippen molar-refractivity contribution in [1.82, 2.24) is 9.88 Å². The molecular formula is C21H13FN4O5. The second-order valence-electron chi connectivity index (χ2n) is 6.51. The first-order chi connectivity index (χ1) is 14.8. The summed E-state index contributed by atoms with van der Waals surface area (Å²) in [5.74, 6) is -2.27. The lowest BCUT2D eigenvalue weighted by molar-refractivity contribution is -0.384. The van der Waals surface area contributed by atoms with Crippen LogP contribution in [0, 0.1) is 15.9 Å². The van der Waals surface area contributed by atoms with Crippen molar-refractivity contribution in [3.8, 4) is 5.69 Å². The highest BCUT2D eigenvalue weighted by Gasteiger charge is 2.37. The number of urea groups is 1. The summed E-state index contributed by atoms with van der Waals surface area (Å²) in [5.41, 5.74) is 0.725. The number of nitro benzene ring substituents is 1. The number of nitrogens with one attached hydrogen (secondary N) is 1. The lowest BCUT2D eigenvalue weighted by atomic mass is 10.1. The van der Waals surface area contributed by atoms with Crippen LogP contribution in [0.2, 0.25) is 0 Å². The molecule has 9 nitrogen and oxygen atoms in total. The van der Waals surface area contributed by atoms with Gasteiger partial charge in [0, 0.05) is 29.7 Å². The smallest absolute Gasteiger partial charge is 0.317 e. The SMILES string of the molecule is O=C1NC(=O)N(c2ccc(F)cc2)C(=O)C1=Cc1cccn1-c1ccc([N+](=O)[O-])cc1. The fraction of sp³-hybridized carbons (Fsp3) is 0. The number of non-ortho nitro benzene ring substituents is 1. The Labute approximate surface area is 174 Å². The van der Waals surface area contributed by atoms with Crippen molar-refractivity contribution in [1.29, 1.82) is 0 Å². The molecule has 0 aliphatic carbocycles. The molecule has 3 aromatic rings. The third-order valence-corrected chi connectivity index (χ3v) is 4.60. The van der Waals surface area contributed by atoms with E-state index in [1.54, 1.807) is 22.9 Å². The van der Waals surface area contributed by atoms with Crippen molar-refractivity contribution < 1.29 is 23.7 Å². The number of barbiturate groups is 1. The summed E-state index contributed by atoms with van der Waals surface area (Å²) >= 11 is 0. The van der Waals surface area contributed by atoms with Crippen LogP contribution in [0.25, 0.3) is 11.8 Å². The fourth-order valence-electron chi connectivity index (χ4n) is 3.11. The lowest BCUT2D eigenvalue weighted by Gasteiger charge is -2.26. The van der Waals surface area contributed by atoms with Crippen molar-refractivity contribution in [2.24, 2.45) is 0 Å². The number of hydrogen-bond donors (Lipinski definition) is 1. The van der Waals surface area contributed by atoms with Crippen LogP contribution >= 0.6 is 0 Å². The summed E-state index contributed by atoms with van der Waals surface area (Å²) in [4.78, 5) is 48.6. The molecule has 154 valence electrons. The van der Waals surface area contributed by atoms with Gasteiger partial charge in [-0.2, -0.15) is 0 Å². The van der Waals surface area contributed by atoms with Gasteiger partial charge in [0.2, 0.25) is 0 Å². The highest BCUT2D eigenvalue weighted by Crippen LogP contribution is 2.24. The van der Waals surface area contributed by atoms with E-state index in [0.717, 1.165) is 17.0 Å². The molecule has 0 spiro atoms. The molecule has 31 heavy (non-hydrogen) atoms. The molecule has 1 aliphatic rings. The number of amides is 4. The Morgan fingerprint density at radius 3 is 2.23 bits per heavy atom. The van der Waals surface area contributed by atoms with Gasteiger partial charge < -0.3 is 4.57 Å². The minimum atomic E-state index is -0.940. The van der Waals surface area contributed by atoms with Crippen molar-refractivity contribution >= 4 is 35.3 Å². The van der Waals surface area contributed by atoms with Gasteiger partial charge >= 0.3 is 6.03 Å². The summed E-state index contributed by atoms with van der Waals surface area (Å²) in [7, 11) is 0. The molecule has 1 saturated heterocycles. The summed E-state index contributed by atoms with van der Waals surface area (Å²) < 4.78 is 14.8. The van der Waals surface area contributed by atoms with Crippen molar-refractivity contribution in [3.63, 3.8) is 0 Å². The Hall–Kier alpha value is -4.60. The largest absolute Gasteiger partial charge is 0.335 e. The second kappa shape index (κ2) is 7.67. The Bertz CT molecular complexity index is 1250. The number of aromatic nitrogens is 1. The van der Waals surface area contributed by atoms with Gasteiger partial charge in [0.25, 0.3) is 17.5 Å². The minimum Gasteiger partial charge on any atom is -0.317 e. The van der Waals surface area contributed by atoms with Crippen molar-refractivity contribution in [2.75, 3.05) is 4.90 Å². The van der Waals surface area contributed by atoms with Crippen LogP contribution in [0.3, 0.4) is 0 Å². The first kappa shape index (κ1) is 19.7. The molecule has 10 heteroatoms. The standard InChI is InChI=1S/C21H13FN4O5/c22-13-3-5-15(6-4-13)25-20(28)18(19(27)23-21(25)29)12-17-2-1-11-24(17)14-7-9-16(10-8-14)26(30)31/h1-12H,(H,23,27,29). The molecule has 4 amide bonds. The Morgan fingerprint density at radius 1 is 0.935 bits per heavy atom. The van der Waals surface area contributed by atoms with Gasteiger partial charge in [0.05, 0.1) is 10.6 Å². The topological polar surface area (TPSA) is 115 Å². The number of nitro groups is 1. The zero-order valence-corrected chi connectivity index (χ0v) is 15.7. The summed E-state index contributed by atoms with van der Waals surface area (Å²) in [6, 6.07) is 12.8. The molecule has 0 bridgehead atoms. The normalized spacial score (nSPS) is 15.3. The average Bonchev–Trinajstić information content (AvgIpc) is 3.20. The number of benzene rings is 2. The highest BCUT2D eigenvalue weighted by atomic mass is 19.1. The van der Waals surface area contributed by atoms with E-state index >= 15 is 0 Å². The van der Waals surface area contributed by atoms with E-state index in [9.17, 15) is 28.9 Å². The third kappa shape index (κ3) is 3.69. The van der Waals surface area contributed by atoms with Crippen LogP contribution in [0.15, 0.2) is 72.4 Å². The van der Waals surface area contributed by atoms with E-state index in [4.69, 9.17) is 0 Å². The van der Waals surface area contributed by atoms with Crippen LogP contribution in [0.1, 0.15) is 5.69 Å². The lowest BCUT2D eigenvalue weighted by Crippen LogP contribution is -2.54. The van der Waals surface area contributed by atoms with Gasteiger partial charge in [0.15, 0.2) is 0 Å². The predicted octanol–water partition coefficient (Wildman–Crippen LogP) is 3.19. The maximum absolute atomic E-state index is 13.2. The molecule has 2 aromatic carbocycles. The molecule has 1 N–H and O–H groups in total. The zero-order chi connectivity index (χ0) is 22.1. The molecule has 0 saturated carbocycles. The first-order valence-corrected chi connectivity index (χ1v) is 8.94. The molecule has 4 rings (SSSR count). The molecular weight excluding hydrogens is 407 g/mol. The number of anilines is 1. The molecule has 1 aromatic heterocycles. The quantitative estimate of drug-likeness (QED) is 0.301. The number of carbonyl (C=O) groups is 3. The number of imide groups is 2. The minimum absolute atomic E-state index is 0.0777. The van der Waals surface area contributed by atoms with E-state index < -0.39 is 28.6 Å². The van der Waals surface area contributed by atoms with E-state index in [2.05, 4.69) is 5.32 Å². The first-order valence-electron chi connectivity index (χ1n) is 8.94. The van der Waals surface area contributed by atoms with Crippen LogP contribution in [-0.4, -0.2) is 27.3 Å². The van der Waals surface area contributed by atoms with Crippen LogP contribution < -0.4 is 10.2 Å². The highest BCUT2D eigenvalue weighted by molar-refractivity contribution is 6.39. The molecule has 0 atom stereocenters. The predicted molar refractivity (Wildman–Crippen MR) is 108 cm³/mol. The van der Waals surface area contributed by atoms with E-state index in [1.807, 2.05) is 0 Å². The van der Waals surface area contributed by atoms with E-state index in [-0.39, 0.29) is 16.9 Å². The monoisotopic (exact) mass is 420 g/mol. The summed E-state index contributed by atoms with van der Waals surface area (Å²) in [6.07, 6.45) is 2.96. The number of carbonyl (C=O) groups excluding carboxylic acids is 3. The summed E-state index contributed by atoms with van der Waals surface area (Å²) in [6.45, 7) is 0. The number of nitrogens with zero attached hydrogens (tertiary/aromatic N) is 3. The molecule has 2 heterocycles.